The zero-order valence-electron chi connectivity index (χ0n) is 11.9. The fourth-order valence-corrected chi connectivity index (χ4v) is 2.83. The first kappa shape index (κ1) is 14.1. The van der Waals surface area contributed by atoms with E-state index in [0.717, 1.165) is 24.3 Å². The van der Waals surface area contributed by atoms with Gasteiger partial charge in [-0.3, -0.25) is 9.69 Å². The SMILES string of the molecule is Cc1c(Cl)cccc1NC(=O)CN1Cc2ccccc2C1. The second kappa shape index (κ2) is 5.88. The maximum Gasteiger partial charge on any atom is 0.238 e. The predicted octanol–water partition coefficient (Wildman–Crippen LogP) is 3.60. The lowest BCUT2D eigenvalue weighted by Gasteiger charge is -2.15. The van der Waals surface area contributed by atoms with Crippen molar-refractivity contribution in [1.29, 1.82) is 0 Å². The molecule has 0 saturated carbocycles. The molecule has 3 rings (SSSR count). The molecule has 0 saturated heterocycles. The number of hydrogen-bond acceptors (Lipinski definition) is 2. The van der Waals surface area contributed by atoms with Crippen molar-refractivity contribution in [3.63, 3.8) is 0 Å². The first-order valence-electron chi connectivity index (χ1n) is 6.97. The Kier molecular flexibility index (Phi) is 3.95. The van der Waals surface area contributed by atoms with Crippen LogP contribution in [-0.2, 0) is 17.9 Å². The van der Waals surface area contributed by atoms with E-state index in [0.29, 0.717) is 11.6 Å². The van der Waals surface area contributed by atoms with Gasteiger partial charge >= 0.3 is 0 Å². The van der Waals surface area contributed by atoms with Crippen LogP contribution in [0.25, 0.3) is 0 Å². The number of amides is 1. The molecule has 1 amide bonds. The van der Waals surface area contributed by atoms with Gasteiger partial charge in [0.1, 0.15) is 0 Å². The number of nitrogens with one attached hydrogen (secondary N) is 1. The summed E-state index contributed by atoms with van der Waals surface area (Å²) in [7, 11) is 0. The second-order valence-electron chi connectivity index (χ2n) is 5.37. The monoisotopic (exact) mass is 300 g/mol. The topological polar surface area (TPSA) is 32.3 Å². The largest absolute Gasteiger partial charge is 0.325 e. The molecular formula is C17H17ClN2O. The average Bonchev–Trinajstić information content (AvgIpc) is 2.86. The molecule has 0 aliphatic carbocycles. The highest BCUT2D eigenvalue weighted by Gasteiger charge is 2.20. The van der Waals surface area contributed by atoms with Crippen molar-refractivity contribution >= 4 is 23.2 Å². The molecule has 4 heteroatoms. The van der Waals surface area contributed by atoms with Crippen LogP contribution in [0.3, 0.4) is 0 Å². The van der Waals surface area contributed by atoms with Gasteiger partial charge in [-0.05, 0) is 35.7 Å². The number of fused-ring (bicyclic) bond motifs is 1. The number of hydrogen-bond donors (Lipinski definition) is 1. The molecule has 0 atom stereocenters. The molecule has 1 heterocycles. The summed E-state index contributed by atoms with van der Waals surface area (Å²) < 4.78 is 0. The lowest BCUT2D eigenvalue weighted by molar-refractivity contribution is -0.117. The molecule has 2 aromatic rings. The molecule has 0 aromatic heterocycles. The Hall–Kier alpha value is -1.84. The van der Waals surface area contributed by atoms with E-state index in [1.807, 2.05) is 37.3 Å². The number of benzene rings is 2. The number of halogens is 1. The van der Waals surface area contributed by atoms with E-state index in [1.54, 1.807) is 0 Å². The van der Waals surface area contributed by atoms with Gasteiger partial charge < -0.3 is 5.32 Å². The fraction of sp³-hybridized carbons (Fsp3) is 0.235. The van der Waals surface area contributed by atoms with Gasteiger partial charge in [-0.2, -0.15) is 0 Å². The van der Waals surface area contributed by atoms with Gasteiger partial charge in [0.25, 0.3) is 0 Å². The van der Waals surface area contributed by atoms with Crippen LogP contribution in [-0.4, -0.2) is 17.4 Å². The minimum Gasteiger partial charge on any atom is -0.325 e. The van der Waals surface area contributed by atoms with Crippen LogP contribution >= 0.6 is 11.6 Å². The van der Waals surface area contributed by atoms with Gasteiger partial charge in [-0.15, -0.1) is 0 Å². The normalized spacial score (nSPS) is 14.0. The number of carbonyl (C=O) groups excluding carboxylic acids is 1. The van der Waals surface area contributed by atoms with E-state index in [9.17, 15) is 4.79 Å². The highest BCUT2D eigenvalue weighted by atomic mass is 35.5. The van der Waals surface area contributed by atoms with Gasteiger partial charge in [0, 0.05) is 23.8 Å². The van der Waals surface area contributed by atoms with Gasteiger partial charge in [0.05, 0.1) is 6.54 Å². The third kappa shape index (κ3) is 3.09. The fourth-order valence-electron chi connectivity index (χ4n) is 2.65. The van der Waals surface area contributed by atoms with E-state index >= 15 is 0 Å². The molecule has 0 fully saturated rings. The molecule has 0 spiro atoms. The average molecular weight is 301 g/mol. The number of rotatable bonds is 3. The summed E-state index contributed by atoms with van der Waals surface area (Å²) in [5, 5.41) is 3.61. The standard InChI is InChI=1S/C17H17ClN2O/c1-12-15(18)7-4-8-16(12)19-17(21)11-20-9-13-5-2-3-6-14(13)10-20/h2-8H,9-11H2,1H3,(H,19,21). The highest BCUT2D eigenvalue weighted by Crippen LogP contribution is 2.24. The smallest absolute Gasteiger partial charge is 0.238 e. The first-order valence-corrected chi connectivity index (χ1v) is 7.35. The van der Waals surface area contributed by atoms with Crippen LogP contribution < -0.4 is 5.32 Å². The summed E-state index contributed by atoms with van der Waals surface area (Å²) in [5.41, 5.74) is 4.30. The zero-order valence-corrected chi connectivity index (χ0v) is 12.7. The molecule has 0 unspecified atom stereocenters. The molecule has 108 valence electrons. The molecular weight excluding hydrogens is 284 g/mol. The molecule has 1 N–H and O–H groups in total. The number of nitrogens with zero attached hydrogens (tertiary/aromatic N) is 1. The second-order valence-corrected chi connectivity index (χ2v) is 5.78. The van der Waals surface area contributed by atoms with Crippen molar-refractivity contribution in [1.82, 2.24) is 4.90 Å². The van der Waals surface area contributed by atoms with Crippen LogP contribution in [0.1, 0.15) is 16.7 Å². The van der Waals surface area contributed by atoms with E-state index in [2.05, 4.69) is 22.3 Å². The molecule has 2 aromatic carbocycles. The van der Waals surface area contributed by atoms with Crippen molar-refractivity contribution in [2.24, 2.45) is 0 Å². The molecule has 0 bridgehead atoms. The summed E-state index contributed by atoms with van der Waals surface area (Å²) in [6.07, 6.45) is 0. The van der Waals surface area contributed by atoms with Crippen LogP contribution in [0.15, 0.2) is 42.5 Å². The maximum atomic E-state index is 12.2. The summed E-state index contributed by atoms with van der Waals surface area (Å²) >= 11 is 6.07. The summed E-state index contributed by atoms with van der Waals surface area (Å²) in [4.78, 5) is 14.3. The summed E-state index contributed by atoms with van der Waals surface area (Å²) in [6, 6.07) is 13.9. The Balaban J connectivity index is 1.62. The molecule has 1 aliphatic rings. The number of anilines is 1. The molecule has 1 aliphatic heterocycles. The van der Waals surface area contributed by atoms with Crippen molar-refractivity contribution in [3.05, 3.63) is 64.2 Å². The van der Waals surface area contributed by atoms with Gasteiger partial charge in [-0.1, -0.05) is 41.9 Å². The molecule has 3 nitrogen and oxygen atoms in total. The van der Waals surface area contributed by atoms with Crippen LogP contribution in [0.4, 0.5) is 5.69 Å². The predicted molar refractivity (Wildman–Crippen MR) is 85.4 cm³/mol. The third-order valence-electron chi connectivity index (χ3n) is 3.82. The van der Waals surface area contributed by atoms with Crippen LogP contribution in [0.5, 0.6) is 0 Å². The summed E-state index contributed by atoms with van der Waals surface area (Å²) in [5.74, 6) is -0.00632. The minimum absolute atomic E-state index is 0.00632. The Morgan fingerprint density at radius 2 is 1.81 bits per heavy atom. The van der Waals surface area contributed by atoms with Crippen LogP contribution in [0, 0.1) is 6.92 Å². The van der Waals surface area contributed by atoms with Crippen molar-refractivity contribution < 1.29 is 4.79 Å². The van der Waals surface area contributed by atoms with Gasteiger partial charge in [-0.25, -0.2) is 0 Å². The van der Waals surface area contributed by atoms with Gasteiger partial charge in [0.2, 0.25) is 5.91 Å². The lowest BCUT2D eigenvalue weighted by Crippen LogP contribution is -2.29. The Morgan fingerprint density at radius 3 is 2.48 bits per heavy atom. The molecule has 0 radical (unpaired) electrons. The maximum absolute atomic E-state index is 12.2. The first-order chi connectivity index (χ1) is 10.1. The van der Waals surface area contributed by atoms with E-state index in [4.69, 9.17) is 11.6 Å². The summed E-state index contributed by atoms with van der Waals surface area (Å²) in [6.45, 7) is 3.96. The third-order valence-corrected chi connectivity index (χ3v) is 4.22. The van der Waals surface area contributed by atoms with E-state index in [1.165, 1.54) is 11.1 Å². The molecule has 21 heavy (non-hydrogen) atoms. The highest BCUT2D eigenvalue weighted by molar-refractivity contribution is 6.31. The quantitative estimate of drug-likeness (QED) is 0.939. The van der Waals surface area contributed by atoms with Crippen molar-refractivity contribution in [3.8, 4) is 0 Å². The zero-order chi connectivity index (χ0) is 14.8. The van der Waals surface area contributed by atoms with E-state index < -0.39 is 0 Å². The Morgan fingerprint density at radius 1 is 1.14 bits per heavy atom. The lowest BCUT2D eigenvalue weighted by atomic mass is 10.1. The van der Waals surface area contributed by atoms with Crippen LogP contribution in [0.2, 0.25) is 5.02 Å². The van der Waals surface area contributed by atoms with Crippen molar-refractivity contribution in [2.75, 3.05) is 11.9 Å². The van der Waals surface area contributed by atoms with E-state index in [-0.39, 0.29) is 5.91 Å². The Bertz CT molecular complexity index is 659. The Labute approximate surface area is 129 Å². The van der Waals surface area contributed by atoms with Gasteiger partial charge in [0.15, 0.2) is 0 Å². The van der Waals surface area contributed by atoms with Crippen molar-refractivity contribution in [2.45, 2.75) is 20.0 Å². The minimum atomic E-state index is -0.00632. The number of carbonyl (C=O) groups is 1.